The Bertz CT molecular complexity index is 585. The van der Waals surface area contributed by atoms with E-state index >= 15 is 0 Å². The number of benzene rings is 2. The summed E-state index contributed by atoms with van der Waals surface area (Å²) in [6, 6.07) is 15.9. The average Bonchev–Trinajstić information content (AvgIpc) is 2.46. The Hall–Kier alpha value is -2.09. The van der Waals surface area contributed by atoms with Crippen molar-refractivity contribution in [3.05, 3.63) is 70.8 Å². The first-order valence-electron chi connectivity index (χ1n) is 6.98. The Balaban J connectivity index is 2.26. The van der Waals surface area contributed by atoms with E-state index < -0.39 is 11.9 Å². The van der Waals surface area contributed by atoms with Crippen molar-refractivity contribution in [2.75, 3.05) is 0 Å². The molecule has 1 atom stereocenters. The molecule has 0 heterocycles. The second-order valence-corrected chi connectivity index (χ2v) is 5.12. The standard InChI is InChI=1S/C18H20O2/c1-3-14-8-10-15(11-9-14)12-17(18(19)20)16-7-5-4-6-13(16)2/h4-11,17H,3,12H2,1-2H3,(H,19,20). The molecule has 2 rings (SSSR count). The van der Waals surface area contributed by atoms with E-state index in [2.05, 4.69) is 19.1 Å². The van der Waals surface area contributed by atoms with Crippen LogP contribution >= 0.6 is 0 Å². The van der Waals surface area contributed by atoms with Crippen molar-refractivity contribution in [3.63, 3.8) is 0 Å². The molecule has 104 valence electrons. The SMILES string of the molecule is CCc1ccc(CC(C(=O)O)c2ccccc2C)cc1. The normalized spacial score (nSPS) is 12.1. The fourth-order valence-corrected chi connectivity index (χ4v) is 2.45. The number of aryl methyl sites for hydroxylation is 2. The summed E-state index contributed by atoms with van der Waals surface area (Å²) in [6.45, 7) is 4.08. The van der Waals surface area contributed by atoms with Gasteiger partial charge in [-0.3, -0.25) is 4.79 Å². The number of hydrogen-bond donors (Lipinski definition) is 1. The monoisotopic (exact) mass is 268 g/mol. The lowest BCUT2D eigenvalue weighted by molar-refractivity contribution is -0.138. The van der Waals surface area contributed by atoms with Gasteiger partial charge in [-0.05, 0) is 42.0 Å². The molecule has 0 fully saturated rings. The van der Waals surface area contributed by atoms with Crippen LogP contribution in [-0.2, 0) is 17.6 Å². The molecule has 0 aliphatic carbocycles. The topological polar surface area (TPSA) is 37.3 Å². The van der Waals surface area contributed by atoms with Crippen LogP contribution in [0.25, 0.3) is 0 Å². The minimum absolute atomic E-state index is 0.483. The smallest absolute Gasteiger partial charge is 0.311 e. The fourth-order valence-electron chi connectivity index (χ4n) is 2.45. The third kappa shape index (κ3) is 3.27. The molecule has 0 aromatic heterocycles. The number of carboxylic acid groups (broad SMARTS) is 1. The van der Waals surface area contributed by atoms with Gasteiger partial charge in [0, 0.05) is 0 Å². The van der Waals surface area contributed by atoms with Crippen molar-refractivity contribution in [3.8, 4) is 0 Å². The van der Waals surface area contributed by atoms with E-state index in [-0.39, 0.29) is 0 Å². The Morgan fingerprint density at radius 3 is 2.20 bits per heavy atom. The second-order valence-electron chi connectivity index (χ2n) is 5.12. The van der Waals surface area contributed by atoms with Crippen LogP contribution in [0.4, 0.5) is 0 Å². The van der Waals surface area contributed by atoms with Crippen molar-refractivity contribution in [1.29, 1.82) is 0 Å². The van der Waals surface area contributed by atoms with Crippen LogP contribution in [0.5, 0.6) is 0 Å². The van der Waals surface area contributed by atoms with Crippen LogP contribution in [0.15, 0.2) is 48.5 Å². The highest BCUT2D eigenvalue weighted by atomic mass is 16.4. The fraction of sp³-hybridized carbons (Fsp3) is 0.278. The van der Waals surface area contributed by atoms with Crippen LogP contribution in [0.3, 0.4) is 0 Å². The minimum Gasteiger partial charge on any atom is -0.481 e. The van der Waals surface area contributed by atoms with Gasteiger partial charge in [0.1, 0.15) is 0 Å². The number of hydrogen-bond acceptors (Lipinski definition) is 1. The number of aliphatic carboxylic acids is 1. The maximum Gasteiger partial charge on any atom is 0.311 e. The van der Waals surface area contributed by atoms with E-state index in [1.165, 1.54) is 5.56 Å². The summed E-state index contributed by atoms with van der Waals surface area (Å²) in [5.41, 5.74) is 4.28. The largest absolute Gasteiger partial charge is 0.481 e. The Morgan fingerprint density at radius 1 is 1.05 bits per heavy atom. The zero-order valence-electron chi connectivity index (χ0n) is 12.0. The summed E-state index contributed by atoms with van der Waals surface area (Å²) >= 11 is 0. The van der Waals surface area contributed by atoms with Crippen molar-refractivity contribution in [2.24, 2.45) is 0 Å². The summed E-state index contributed by atoms with van der Waals surface area (Å²) in [5, 5.41) is 9.51. The first kappa shape index (κ1) is 14.3. The van der Waals surface area contributed by atoms with Gasteiger partial charge in [0.15, 0.2) is 0 Å². The molecule has 0 aliphatic rings. The molecule has 20 heavy (non-hydrogen) atoms. The molecule has 0 radical (unpaired) electrons. The highest BCUT2D eigenvalue weighted by molar-refractivity contribution is 5.77. The van der Waals surface area contributed by atoms with Crippen molar-refractivity contribution in [1.82, 2.24) is 0 Å². The first-order chi connectivity index (χ1) is 9.61. The molecule has 0 saturated carbocycles. The van der Waals surface area contributed by atoms with E-state index in [0.29, 0.717) is 6.42 Å². The van der Waals surface area contributed by atoms with Crippen LogP contribution < -0.4 is 0 Å². The maximum atomic E-state index is 11.6. The molecular formula is C18H20O2. The van der Waals surface area contributed by atoms with E-state index in [4.69, 9.17) is 0 Å². The van der Waals surface area contributed by atoms with Crippen LogP contribution in [0, 0.1) is 6.92 Å². The summed E-state index contributed by atoms with van der Waals surface area (Å²) < 4.78 is 0. The zero-order chi connectivity index (χ0) is 14.5. The van der Waals surface area contributed by atoms with Gasteiger partial charge in [0.05, 0.1) is 5.92 Å². The molecule has 0 bridgehead atoms. The van der Waals surface area contributed by atoms with Gasteiger partial charge in [-0.25, -0.2) is 0 Å². The Morgan fingerprint density at radius 2 is 1.65 bits per heavy atom. The molecule has 2 aromatic carbocycles. The highest BCUT2D eigenvalue weighted by Crippen LogP contribution is 2.24. The molecule has 2 heteroatoms. The average molecular weight is 268 g/mol. The predicted molar refractivity (Wildman–Crippen MR) is 81.1 cm³/mol. The van der Waals surface area contributed by atoms with E-state index in [1.54, 1.807) is 0 Å². The zero-order valence-corrected chi connectivity index (χ0v) is 12.0. The van der Waals surface area contributed by atoms with E-state index in [1.807, 2.05) is 43.3 Å². The summed E-state index contributed by atoms with van der Waals surface area (Å²) in [5.74, 6) is -1.25. The molecule has 2 aromatic rings. The number of rotatable bonds is 5. The van der Waals surface area contributed by atoms with E-state index in [9.17, 15) is 9.90 Å². The summed E-state index contributed by atoms with van der Waals surface area (Å²) in [6.07, 6.45) is 1.53. The summed E-state index contributed by atoms with van der Waals surface area (Å²) in [4.78, 5) is 11.6. The maximum absolute atomic E-state index is 11.6. The van der Waals surface area contributed by atoms with Crippen molar-refractivity contribution in [2.45, 2.75) is 32.6 Å². The van der Waals surface area contributed by atoms with Gasteiger partial charge in [-0.2, -0.15) is 0 Å². The lowest BCUT2D eigenvalue weighted by atomic mass is 9.89. The number of carbonyl (C=O) groups is 1. The van der Waals surface area contributed by atoms with Gasteiger partial charge < -0.3 is 5.11 Å². The second kappa shape index (κ2) is 6.38. The predicted octanol–water partition coefficient (Wildman–Crippen LogP) is 3.97. The third-order valence-corrected chi connectivity index (χ3v) is 3.73. The van der Waals surface area contributed by atoms with Crippen molar-refractivity contribution < 1.29 is 9.90 Å². The van der Waals surface area contributed by atoms with Gasteiger partial charge in [-0.15, -0.1) is 0 Å². The molecule has 0 aliphatic heterocycles. The van der Waals surface area contributed by atoms with Crippen LogP contribution in [0.2, 0.25) is 0 Å². The first-order valence-corrected chi connectivity index (χ1v) is 6.98. The molecule has 1 N–H and O–H groups in total. The Labute approximate surface area is 120 Å². The minimum atomic E-state index is -0.765. The van der Waals surface area contributed by atoms with Crippen LogP contribution in [0.1, 0.15) is 35.1 Å². The molecule has 0 saturated heterocycles. The quantitative estimate of drug-likeness (QED) is 0.891. The molecular weight excluding hydrogens is 248 g/mol. The third-order valence-electron chi connectivity index (χ3n) is 3.73. The van der Waals surface area contributed by atoms with Gasteiger partial charge in [-0.1, -0.05) is 55.5 Å². The molecule has 0 spiro atoms. The lowest BCUT2D eigenvalue weighted by Crippen LogP contribution is -2.15. The lowest BCUT2D eigenvalue weighted by Gasteiger charge is -2.15. The summed E-state index contributed by atoms with van der Waals surface area (Å²) in [7, 11) is 0. The van der Waals surface area contributed by atoms with Gasteiger partial charge in [0.2, 0.25) is 0 Å². The van der Waals surface area contributed by atoms with Gasteiger partial charge >= 0.3 is 5.97 Å². The highest BCUT2D eigenvalue weighted by Gasteiger charge is 2.21. The van der Waals surface area contributed by atoms with Crippen molar-refractivity contribution >= 4 is 5.97 Å². The Kier molecular flexibility index (Phi) is 4.57. The van der Waals surface area contributed by atoms with E-state index in [0.717, 1.165) is 23.1 Å². The van der Waals surface area contributed by atoms with Gasteiger partial charge in [0.25, 0.3) is 0 Å². The molecule has 2 nitrogen and oxygen atoms in total. The molecule has 1 unspecified atom stereocenters. The number of carboxylic acids is 1. The molecule has 0 amide bonds. The van der Waals surface area contributed by atoms with Crippen LogP contribution in [-0.4, -0.2) is 11.1 Å².